The van der Waals surface area contributed by atoms with Crippen LogP contribution in [0.3, 0.4) is 0 Å². The highest BCUT2D eigenvalue weighted by atomic mass is 19.1. The lowest BCUT2D eigenvalue weighted by molar-refractivity contribution is 0.359. The third kappa shape index (κ3) is 2.71. The lowest BCUT2D eigenvalue weighted by atomic mass is 10.2. The van der Waals surface area contributed by atoms with Crippen LogP contribution in [-0.4, -0.2) is 17.1 Å². The van der Waals surface area contributed by atoms with E-state index in [9.17, 15) is 8.78 Å². The molecule has 0 spiro atoms. The summed E-state index contributed by atoms with van der Waals surface area (Å²) in [6.45, 7) is 0.259. The SMILES string of the molecule is COc1c(F)cc(CNc2ccncn2)cc1F. The molecule has 18 heavy (non-hydrogen) atoms. The van der Waals surface area contributed by atoms with Crippen molar-refractivity contribution in [3.05, 3.63) is 47.9 Å². The molecule has 0 aliphatic heterocycles. The number of halogens is 2. The molecule has 0 aliphatic rings. The Morgan fingerprint density at radius 1 is 1.28 bits per heavy atom. The van der Waals surface area contributed by atoms with Crippen molar-refractivity contribution >= 4 is 5.82 Å². The summed E-state index contributed by atoms with van der Waals surface area (Å²) in [5, 5.41) is 2.93. The smallest absolute Gasteiger partial charge is 0.190 e. The van der Waals surface area contributed by atoms with Crippen LogP contribution in [0.5, 0.6) is 5.75 Å². The molecule has 1 aromatic carbocycles. The number of benzene rings is 1. The first-order valence-electron chi connectivity index (χ1n) is 5.22. The van der Waals surface area contributed by atoms with Crippen LogP contribution in [0.15, 0.2) is 30.7 Å². The summed E-state index contributed by atoms with van der Waals surface area (Å²) in [7, 11) is 1.22. The van der Waals surface area contributed by atoms with Gasteiger partial charge in [0.1, 0.15) is 12.1 Å². The lowest BCUT2D eigenvalue weighted by Crippen LogP contribution is -2.03. The van der Waals surface area contributed by atoms with Crippen molar-refractivity contribution in [2.24, 2.45) is 0 Å². The Bertz CT molecular complexity index is 511. The average molecular weight is 251 g/mol. The number of nitrogens with one attached hydrogen (secondary N) is 1. The molecule has 2 rings (SSSR count). The third-order valence-electron chi connectivity index (χ3n) is 2.32. The largest absolute Gasteiger partial charge is 0.491 e. The summed E-state index contributed by atoms with van der Waals surface area (Å²) in [6, 6.07) is 4.10. The summed E-state index contributed by atoms with van der Waals surface area (Å²) < 4.78 is 31.4. The minimum absolute atomic E-state index is 0.259. The predicted molar refractivity (Wildman–Crippen MR) is 62.3 cm³/mol. The number of nitrogens with zero attached hydrogens (tertiary/aromatic N) is 2. The van der Waals surface area contributed by atoms with Crippen molar-refractivity contribution in [2.45, 2.75) is 6.54 Å². The quantitative estimate of drug-likeness (QED) is 0.906. The molecule has 0 atom stereocenters. The minimum Gasteiger partial charge on any atom is -0.491 e. The van der Waals surface area contributed by atoms with Crippen LogP contribution in [0.1, 0.15) is 5.56 Å². The second-order valence-electron chi connectivity index (χ2n) is 3.54. The molecule has 1 N–H and O–H groups in total. The average Bonchev–Trinajstić information content (AvgIpc) is 2.37. The maximum absolute atomic E-state index is 13.4. The van der Waals surface area contributed by atoms with E-state index in [2.05, 4.69) is 20.0 Å². The third-order valence-corrected chi connectivity index (χ3v) is 2.32. The topological polar surface area (TPSA) is 47.0 Å². The van der Waals surface area contributed by atoms with E-state index in [1.807, 2.05) is 0 Å². The van der Waals surface area contributed by atoms with E-state index in [1.54, 1.807) is 12.3 Å². The number of aromatic nitrogens is 2. The highest BCUT2D eigenvalue weighted by molar-refractivity contribution is 5.36. The zero-order valence-electron chi connectivity index (χ0n) is 9.65. The van der Waals surface area contributed by atoms with Crippen molar-refractivity contribution in [1.82, 2.24) is 9.97 Å². The van der Waals surface area contributed by atoms with Gasteiger partial charge in [0, 0.05) is 12.7 Å². The van der Waals surface area contributed by atoms with Crippen LogP contribution in [-0.2, 0) is 6.54 Å². The zero-order chi connectivity index (χ0) is 13.0. The van der Waals surface area contributed by atoms with Crippen molar-refractivity contribution in [3.8, 4) is 5.75 Å². The Labute approximate surface area is 103 Å². The van der Waals surface area contributed by atoms with Gasteiger partial charge in [-0.1, -0.05) is 0 Å². The van der Waals surface area contributed by atoms with Gasteiger partial charge in [-0.2, -0.15) is 0 Å². The van der Waals surface area contributed by atoms with E-state index in [0.717, 1.165) is 0 Å². The van der Waals surface area contributed by atoms with Crippen LogP contribution in [0.4, 0.5) is 14.6 Å². The first-order valence-corrected chi connectivity index (χ1v) is 5.22. The van der Waals surface area contributed by atoms with Gasteiger partial charge in [-0.05, 0) is 23.8 Å². The lowest BCUT2D eigenvalue weighted by Gasteiger charge is -2.08. The fourth-order valence-electron chi connectivity index (χ4n) is 1.50. The van der Waals surface area contributed by atoms with Gasteiger partial charge in [-0.3, -0.25) is 0 Å². The molecule has 0 saturated heterocycles. The standard InChI is InChI=1S/C12H11F2N3O/c1-18-12-9(13)4-8(5-10(12)14)6-16-11-2-3-15-7-17-11/h2-5,7H,6H2,1H3,(H,15,16,17). The number of hydrogen-bond donors (Lipinski definition) is 1. The van der Waals surface area contributed by atoms with Gasteiger partial charge in [-0.25, -0.2) is 18.7 Å². The number of hydrogen-bond acceptors (Lipinski definition) is 4. The van der Waals surface area contributed by atoms with Gasteiger partial charge < -0.3 is 10.1 Å². The van der Waals surface area contributed by atoms with Crippen molar-refractivity contribution in [3.63, 3.8) is 0 Å². The Morgan fingerprint density at radius 2 is 2.00 bits per heavy atom. The van der Waals surface area contributed by atoms with Crippen molar-refractivity contribution in [2.75, 3.05) is 12.4 Å². The molecule has 1 aromatic heterocycles. The number of rotatable bonds is 4. The summed E-state index contributed by atoms with van der Waals surface area (Å²) in [4.78, 5) is 7.70. The van der Waals surface area contributed by atoms with E-state index < -0.39 is 11.6 Å². The highest BCUT2D eigenvalue weighted by Gasteiger charge is 2.11. The van der Waals surface area contributed by atoms with Gasteiger partial charge in [0.15, 0.2) is 17.4 Å². The molecule has 6 heteroatoms. The maximum Gasteiger partial charge on any atom is 0.190 e. The summed E-state index contributed by atoms with van der Waals surface area (Å²) in [5.41, 5.74) is 0.462. The van der Waals surface area contributed by atoms with Gasteiger partial charge in [0.2, 0.25) is 0 Å². The molecular formula is C12H11F2N3O. The molecule has 0 amide bonds. The van der Waals surface area contributed by atoms with E-state index in [-0.39, 0.29) is 12.3 Å². The maximum atomic E-state index is 13.4. The van der Waals surface area contributed by atoms with Crippen LogP contribution in [0.2, 0.25) is 0 Å². The van der Waals surface area contributed by atoms with Crippen LogP contribution in [0, 0.1) is 11.6 Å². The van der Waals surface area contributed by atoms with Gasteiger partial charge in [-0.15, -0.1) is 0 Å². The second kappa shape index (κ2) is 5.39. The molecule has 1 heterocycles. The van der Waals surface area contributed by atoms with Crippen LogP contribution in [0.25, 0.3) is 0 Å². The molecule has 0 aliphatic carbocycles. The van der Waals surface area contributed by atoms with E-state index >= 15 is 0 Å². The Morgan fingerprint density at radius 3 is 2.56 bits per heavy atom. The normalized spacial score (nSPS) is 10.2. The Hall–Kier alpha value is -2.24. The summed E-state index contributed by atoms with van der Waals surface area (Å²) >= 11 is 0. The molecule has 0 fully saturated rings. The number of ether oxygens (including phenoxy) is 1. The number of anilines is 1. The summed E-state index contributed by atoms with van der Waals surface area (Å²) in [6.07, 6.45) is 2.96. The van der Waals surface area contributed by atoms with E-state index in [0.29, 0.717) is 11.4 Å². The zero-order valence-corrected chi connectivity index (χ0v) is 9.65. The predicted octanol–water partition coefficient (Wildman–Crippen LogP) is 2.38. The molecule has 0 radical (unpaired) electrons. The van der Waals surface area contributed by atoms with Gasteiger partial charge >= 0.3 is 0 Å². The van der Waals surface area contributed by atoms with E-state index in [4.69, 9.17) is 0 Å². The van der Waals surface area contributed by atoms with Crippen molar-refractivity contribution in [1.29, 1.82) is 0 Å². The molecule has 0 saturated carbocycles. The Balaban J connectivity index is 2.11. The number of methoxy groups -OCH3 is 1. The molecule has 2 aromatic rings. The van der Waals surface area contributed by atoms with Crippen LogP contribution >= 0.6 is 0 Å². The molecular weight excluding hydrogens is 240 g/mol. The van der Waals surface area contributed by atoms with Gasteiger partial charge in [0.05, 0.1) is 7.11 Å². The first kappa shape index (κ1) is 12.2. The fraction of sp³-hybridized carbons (Fsp3) is 0.167. The Kier molecular flexibility index (Phi) is 3.66. The van der Waals surface area contributed by atoms with E-state index in [1.165, 1.54) is 25.6 Å². The minimum atomic E-state index is -0.725. The second-order valence-corrected chi connectivity index (χ2v) is 3.54. The van der Waals surface area contributed by atoms with Crippen molar-refractivity contribution < 1.29 is 13.5 Å². The molecule has 0 unspecified atom stereocenters. The highest BCUT2D eigenvalue weighted by Crippen LogP contribution is 2.23. The fourth-order valence-corrected chi connectivity index (χ4v) is 1.50. The van der Waals surface area contributed by atoms with Crippen LogP contribution < -0.4 is 10.1 Å². The van der Waals surface area contributed by atoms with Gasteiger partial charge in [0.25, 0.3) is 0 Å². The molecule has 94 valence electrons. The summed E-state index contributed by atoms with van der Waals surface area (Å²) in [5.74, 6) is -1.24. The first-order chi connectivity index (χ1) is 8.70. The molecule has 4 nitrogen and oxygen atoms in total. The monoisotopic (exact) mass is 251 g/mol. The molecule has 0 bridgehead atoms.